The monoisotopic (exact) mass is 279 g/mol. The average Bonchev–Trinajstić information content (AvgIpc) is 3.14. The highest BCUT2D eigenvalue weighted by atomic mass is 19.1. The number of methoxy groups -OCH3 is 1. The Labute approximate surface area is 114 Å². The molecule has 1 heterocycles. The number of nitrogens with two attached hydrogens (primary N) is 1. The topological polar surface area (TPSA) is 83.4 Å². The number of ether oxygens (including phenoxy) is 2. The Kier molecular flexibility index (Phi) is 3.27. The van der Waals surface area contributed by atoms with Crippen LogP contribution in [0.3, 0.4) is 0 Å². The molecule has 0 unspecified atom stereocenters. The first-order valence-corrected chi connectivity index (χ1v) is 6.28. The van der Waals surface area contributed by atoms with E-state index in [4.69, 9.17) is 19.7 Å². The maximum absolute atomic E-state index is 13.7. The zero-order valence-corrected chi connectivity index (χ0v) is 10.9. The first-order chi connectivity index (χ1) is 9.71. The summed E-state index contributed by atoms with van der Waals surface area (Å²) >= 11 is 0. The van der Waals surface area contributed by atoms with Crippen molar-refractivity contribution in [2.75, 3.05) is 7.11 Å². The molecule has 6 nitrogen and oxygen atoms in total. The van der Waals surface area contributed by atoms with Crippen LogP contribution >= 0.6 is 0 Å². The van der Waals surface area contributed by atoms with Crippen LogP contribution in [-0.4, -0.2) is 23.4 Å². The highest BCUT2D eigenvalue weighted by Gasteiger charge is 2.28. The lowest BCUT2D eigenvalue weighted by atomic mass is 10.1. The predicted molar refractivity (Wildman–Crippen MR) is 67.8 cm³/mol. The van der Waals surface area contributed by atoms with Gasteiger partial charge in [-0.2, -0.15) is 4.98 Å². The molecule has 106 valence electrons. The van der Waals surface area contributed by atoms with Gasteiger partial charge in [-0.15, -0.1) is 0 Å². The van der Waals surface area contributed by atoms with Crippen LogP contribution < -0.4 is 15.2 Å². The molecule has 1 aliphatic rings. The molecule has 0 spiro atoms. The second-order valence-corrected chi connectivity index (χ2v) is 4.52. The number of hydrogen-bond acceptors (Lipinski definition) is 6. The van der Waals surface area contributed by atoms with Gasteiger partial charge in [0.2, 0.25) is 11.7 Å². The highest BCUT2D eigenvalue weighted by molar-refractivity contribution is 5.68. The van der Waals surface area contributed by atoms with E-state index in [2.05, 4.69) is 10.1 Å². The summed E-state index contributed by atoms with van der Waals surface area (Å²) in [5.74, 6) is 0.797. The number of nitrogens with zero attached hydrogens (tertiary/aromatic N) is 2. The van der Waals surface area contributed by atoms with Gasteiger partial charge in [-0.1, -0.05) is 5.16 Å². The van der Waals surface area contributed by atoms with E-state index in [9.17, 15) is 4.39 Å². The van der Waals surface area contributed by atoms with Crippen LogP contribution in [0.25, 0.3) is 11.4 Å². The Balaban J connectivity index is 2.08. The molecule has 2 aromatic rings. The van der Waals surface area contributed by atoms with Gasteiger partial charge in [0.05, 0.1) is 25.3 Å². The molecule has 1 fully saturated rings. The molecule has 0 aliphatic heterocycles. The van der Waals surface area contributed by atoms with E-state index in [1.54, 1.807) is 0 Å². The van der Waals surface area contributed by atoms with Crippen LogP contribution in [-0.2, 0) is 6.54 Å². The van der Waals surface area contributed by atoms with Gasteiger partial charge in [0.1, 0.15) is 5.82 Å². The van der Waals surface area contributed by atoms with Gasteiger partial charge in [0.15, 0.2) is 11.5 Å². The third kappa shape index (κ3) is 2.44. The van der Waals surface area contributed by atoms with Crippen LogP contribution in [0.2, 0.25) is 0 Å². The molecule has 0 amide bonds. The van der Waals surface area contributed by atoms with E-state index in [0.717, 1.165) is 12.8 Å². The van der Waals surface area contributed by atoms with E-state index < -0.39 is 5.82 Å². The van der Waals surface area contributed by atoms with Gasteiger partial charge in [0.25, 0.3) is 0 Å². The summed E-state index contributed by atoms with van der Waals surface area (Å²) < 4.78 is 29.6. The number of rotatable bonds is 5. The Hall–Kier alpha value is -2.15. The Morgan fingerprint density at radius 1 is 1.45 bits per heavy atom. The second-order valence-electron chi connectivity index (χ2n) is 4.52. The summed E-state index contributed by atoms with van der Waals surface area (Å²) in [7, 11) is 1.46. The number of hydrogen-bond donors (Lipinski definition) is 1. The van der Waals surface area contributed by atoms with Crippen molar-refractivity contribution in [3.63, 3.8) is 0 Å². The molecule has 0 atom stereocenters. The van der Waals surface area contributed by atoms with Crippen LogP contribution in [0.15, 0.2) is 16.7 Å². The van der Waals surface area contributed by atoms with Crippen LogP contribution in [0.5, 0.6) is 11.5 Å². The van der Waals surface area contributed by atoms with Crippen molar-refractivity contribution < 1.29 is 18.4 Å². The normalized spacial score (nSPS) is 14.3. The minimum Gasteiger partial charge on any atom is -0.493 e. The Morgan fingerprint density at radius 3 is 2.85 bits per heavy atom. The fraction of sp³-hybridized carbons (Fsp3) is 0.385. The molecule has 0 radical (unpaired) electrons. The molecule has 0 saturated heterocycles. The first-order valence-electron chi connectivity index (χ1n) is 6.28. The molecule has 1 saturated carbocycles. The number of aromatic nitrogens is 2. The fourth-order valence-corrected chi connectivity index (χ4v) is 1.81. The molecule has 2 N–H and O–H groups in total. The summed E-state index contributed by atoms with van der Waals surface area (Å²) in [5, 5.41) is 3.79. The number of benzene rings is 1. The molecule has 1 aromatic heterocycles. The summed E-state index contributed by atoms with van der Waals surface area (Å²) in [6.45, 7) is 0.123. The predicted octanol–water partition coefficient (Wildman–Crippen LogP) is 1.88. The third-order valence-corrected chi connectivity index (χ3v) is 2.93. The Morgan fingerprint density at radius 2 is 2.25 bits per heavy atom. The van der Waals surface area contributed by atoms with Gasteiger partial charge in [-0.25, -0.2) is 4.39 Å². The summed E-state index contributed by atoms with van der Waals surface area (Å²) in [6.07, 6.45) is 2.08. The van der Waals surface area contributed by atoms with Crippen molar-refractivity contribution in [1.82, 2.24) is 10.1 Å². The van der Waals surface area contributed by atoms with Gasteiger partial charge >= 0.3 is 0 Å². The van der Waals surface area contributed by atoms with Crippen molar-refractivity contribution in [3.8, 4) is 22.9 Å². The van der Waals surface area contributed by atoms with E-state index >= 15 is 0 Å². The van der Waals surface area contributed by atoms with Gasteiger partial charge < -0.3 is 19.7 Å². The molecule has 1 aliphatic carbocycles. The SMILES string of the molecule is COc1cc(F)cc(-c2noc(CN)n2)c1OC1CC1. The van der Waals surface area contributed by atoms with E-state index in [0.29, 0.717) is 17.1 Å². The largest absolute Gasteiger partial charge is 0.493 e. The quantitative estimate of drug-likeness (QED) is 0.899. The van der Waals surface area contributed by atoms with Gasteiger partial charge in [-0.3, -0.25) is 0 Å². The maximum Gasteiger partial charge on any atom is 0.240 e. The van der Waals surface area contributed by atoms with Crippen molar-refractivity contribution in [2.45, 2.75) is 25.5 Å². The lowest BCUT2D eigenvalue weighted by Gasteiger charge is -2.13. The van der Waals surface area contributed by atoms with Gasteiger partial charge in [-0.05, 0) is 18.9 Å². The lowest BCUT2D eigenvalue weighted by Crippen LogP contribution is -2.02. The van der Waals surface area contributed by atoms with Crippen molar-refractivity contribution >= 4 is 0 Å². The fourth-order valence-electron chi connectivity index (χ4n) is 1.81. The van der Waals surface area contributed by atoms with Crippen LogP contribution in [0.4, 0.5) is 4.39 Å². The number of halogens is 1. The molecular formula is C13H14FN3O3. The summed E-state index contributed by atoms with van der Waals surface area (Å²) in [5.41, 5.74) is 5.83. The van der Waals surface area contributed by atoms with E-state index in [1.807, 2.05) is 0 Å². The second kappa shape index (κ2) is 5.09. The first kappa shape index (κ1) is 12.9. The highest BCUT2D eigenvalue weighted by Crippen LogP contribution is 2.41. The van der Waals surface area contributed by atoms with Crippen LogP contribution in [0.1, 0.15) is 18.7 Å². The standard InChI is InChI=1S/C13H14FN3O3/c1-18-10-5-7(14)4-9(12(10)19-8-2-3-8)13-16-11(6-15)20-17-13/h4-5,8H,2-3,6,15H2,1H3. The summed E-state index contributed by atoms with van der Waals surface area (Å²) in [6, 6.07) is 2.57. The molecular weight excluding hydrogens is 265 g/mol. The van der Waals surface area contributed by atoms with Crippen molar-refractivity contribution in [3.05, 3.63) is 23.8 Å². The lowest BCUT2D eigenvalue weighted by molar-refractivity contribution is 0.282. The average molecular weight is 279 g/mol. The summed E-state index contributed by atoms with van der Waals surface area (Å²) in [4.78, 5) is 4.10. The Bertz CT molecular complexity index is 625. The van der Waals surface area contributed by atoms with E-state index in [1.165, 1.54) is 19.2 Å². The zero-order chi connectivity index (χ0) is 14.1. The van der Waals surface area contributed by atoms with E-state index in [-0.39, 0.29) is 24.4 Å². The molecule has 3 rings (SSSR count). The maximum atomic E-state index is 13.7. The molecule has 1 aromatic carbocycles. The molecule has 20 heavy (non-hydrogen) atoms. The smallest absolute Gasteiger partial charge is 0.240 e. The third-order valence-electron chi connectivity index (χ3n) is 2.93. The minimum atomic E-state index is -0.459. The minimum absolute atomic E-state index is 0.123. The van der Waals surface area contributed by atoms with Crippen molar-refractivity contribution in [1.29, 1.82) is 0 Å². The van der Waals surface area contributed by atoms with Gasteiger partial charge in [0, 0.05) is 6.07 Å². The molecule has 0 bridgehead atoms. The zero-order valence-electron chi connectivity index (χ0n) is 10.9. The molecule has 7 heteroatoms. The van der Waals surface area contributed by atoms with Crippen LogP contribution in [0, 0.1) is 5.82 Å². The van der Waals surface area contributed by atoms with Crippen molar-refractivity contribution in [2.24, 2.45) is 5.73 Å².